The Labute approximate surface area is 187 Å². The van der Waals surface area contributed by atoms with Crippen LogP contribution in [0.2, 0.25) is 0 Å². The fourth-order valence-corrected chi connectivity index (χ4v) is 3.72. The summed E-state index contributed by atoms with van der Waals surface area (Å²) < 4.78 is 38.2. The average Bonchev–Trinajstić information content (AvgIpc) is 3.24. The van der Waals surface area contributed by atoms with Gasteiger partial charge in [0.2, 0.25) is 11.0 Å². The Balaban J connectivity index is 1.58. The van der Waals surface area contributed by atoms with Gasteiger partial charge in [0.05, 0.1) is 5.56 Å². The largest absolute Gasteiger partial charge is 0.416 e. The van der Waals surface area contributed by atoms with Gasteiger partial charge in [0.25, 0.3) is 5.91 Å². The van der Waals surface area contributed by atoms with E-state index in [0.717, 1.165) is 29.8 Å². The molecule has 2 aromatic carbocycles. The van der Waals surface area contributed by atoms with Gasteiger partial charge in [-0.15, -0.1) is 10.2 Å². The molecule has 0 aliphatic heterocycles. The molecule has 2 amide bonds. The van der Waals surface area contributed by atoms with Crippen molar-refractivity contribution in [3.05, 3.63) is 65.7 Å². The predicted octanol–water partition coefficient (Wildman–Crippen LogP) is 5.10. The number of nitrogens with zero attached hydrogens (tertiary/aromatic N) is 3. The van der Waals surface area contributed by atoms with E-state index < -0.39 is 17.6 Å². The van der Waals surface area contributed by atoms with Crippen LogP contribution in [0, 0.1) is 0 Å². The molecule has 0 fully saturated rings. The van der Waals surface area contributed by atoms with Crippen LogP contribution in [0.1, 0.15) is 35.7 Å². The highest BCUT2D eigenvalue weighted by Crippen LogP contribution is 2.29. The van der Waals surface area contributed by atoms with Crippen LogP contribution in [-0.2, 0) is 11.0 Å². The van der Waals surface area contributed by atoms with E-state index in [9.17, 15) is 22.8 Å². The summed E-state index contributed by atoms with van der Waals surface area (Å²) in [7, 11) is 0. The van der Waals surface area contributed by atoms with E-state index in [2.05, 4.69) is 15.5 Å². The van der Waals surface area contributed by atoms with Crippen molar-refractivity contribution in [3.8, 4) is 10.6 Å². The zero-order chi connectivity index (χ0) is 23.1. The van der Waals surface area contributed by atoms with Crippen molar-refractivity contribution in [2.45, 2.75) is 25.9 Å². The van der Waals surface area contributed by atoms with Crippen molar-refractivity contribution in [2.24, 2.45) is 0 Å². The Morgan fingerprint density at radius 2 is 1.69 bits per heavy atom. The van der Waals surface area contributed by atoms with Gasteiger partial charge >= 0.3 is 6.18 Å². The second-order valence-electron chi connectivity index (χ2n) is 6.94. The van der Waals surface area contributed by atoms with Crippen LogP contribution in [0.25, 0.3) is 10.6 Å². The highest BCUT2D eigenvalue weighted by atomic mass is 32.1. The zero-order valence-electron chi connectivity index (χ0n) is 17.2. The maximum atomic E-state index is 12.7. The molecule has 32 heavy (non-hydrogen) atoms. The zero-order valence-corrected chi connectivity index (χ0v) is 18.0. The summed E-state index contributed by atoms with van der Waals surface area (Å²) in [6.45, 7) is 2.38. The lowest BCUT2D eigenvalue weighted by Gasteiger charge is -2.22. The highest BCUT2D eigenvalue weighted by Gasteiger charge is 2.30. The van der Waals surface area contributed by atoms with Gasteiger partial charge in [-0.3, -0.25) is 9.59 Å². The first-order chi connectivity index (χ1) is 15.3. The van der Waals surface area contributed by atoms with E-state index in [1.54, 1.807) is 0 Å². The van der Waals surface area contributed by atoms with Crippen molar-refractivity contribution >= 4 is 28.3 Å². The molecular weight excluding hydrogens is 441 g/mol. The Morgan fingerprint density at radius 1 is 1.00 bits per heavy atom. The maximum Gasteiger partial charge on any atom is 0.416 e. The molecule has 0 radical (unpaired) electrons. The number of carbonyl (C=O) groups is 2. The molecule has 3 aromatic rings. The SMILES string of the molecule is CCCN(CCC(=O)Nc1nnc(-c2ccccc2)s1)C(=O)c1ccc(C(F)(F)F)cc1. The molecule has 0 spiro atoms. The summed E-state index contributed by atoms with van der Waals surface area (Å²) >= 11 is 1.24. The molecule has 0 atom stereocenters. The quantitative estimate of drug-likeness (QED) is 0.505. The molecule has 6 nitrogen and oxygen atoms in total. The van der Waals surface area contributed by atoms with Gasteiger partial charge in [0, 0.05) is 30.6 Å². The van der Waals surface area contributed by atoms with Gasteiger partial charge in [-0.1, -0.05) is 48.6 Å². The van der Waals surface area contributed by atoms with Gasteiger partial charge in [0.15, 0.2) is 0 Å². The smallest absolute Gasteiger partial charge is 0.338 e. The Hall–Kier alpha value is -3.27. The van der Waals surface area contributed by atoms with Crippen molar-refractivity contribution in [1.29, 1.82) is 0 Å². The van der Waals surface area contributed by atoms with Crippen LogP contribution in [-0.4, -0.2) is 40.0 Å². The van der Waals surface area contributed by atoms with Crippen LogP contribution in [0.3, 0.4) is 0 Å². The Bertz CT molecular complexity index is 1050. The molecule has 168 valence electrons. The first-order valence-electron chi connectivity index (χ1n) is 9.93. The van der Waals surface area contributed by atoms with Crippen LogP contribution >= 0.6 is 11.3 Å². The number of amides is 2. The normalized spacial score (nSPS) is 11.2. The molecule has 0 aliphatic carbocycles. The minimum Gasteiger partial charge on any atom is -0.338 e. The number of alkyl halides is 3. The summed E-state index contributed by atoms with van der Waals surface area (Å²) in [6.07, 6.45) is -3.80. The lowest BCUT2D eigenvalue weighted by atomic mass is 10.1. The van der Waals surface area contributed by atoms with Crippen LogP contribution in [0.4, 0.5) is 18.3 Å². The summed E-state index contributed by atoms with van der Waals surface area (Å²) in [4.78, 5) is 26.5. The maximum absolute atomic E-state index is 12.7. The van der Waals surface area contributed by atoms with E-state index in [1.165, 1.54) is 16.2 Å². The number of anilines is 1. The van der Waals surface area contributed by atoms with Gasteiger partial charge < -0.3 is 10.2 Å². The van der Waals surface area contributed by atoms with Gasteiger partial charge in [-0.25, -0.2) is 0 Å². The first-order valence-corrected chi connectivity index (χ1v) is 10.7. The molecule has 0 aliphatic rings. The topological polar surface area (TPSA) is 75.2 Å². The van der Waals surface area contributed by atoms with Crippen molar-refractivity contribution < 1.29 is 22.8 Å². The van der Waals surface area contributed by atoms with E-state index in [1.807, 2.05) is 37.3 Å². The van der Waals surface area contributed by atoms with Gasteiger partial charge in [-0.05, 0) is 30.7 Å². The molecular formula is C22H21F3N4O2S. The summed E-state index contributed by atoms with van der Waals surface area (Å²) in [5.74, 6) is -0.752. The van der Waals surface area contributed by atoms with Crippen molar-refractivity contribution in [2.75, 3.05) is 18.4 Å². The number of hydrogen-bond acceptors (Lipinski definition) is 5. The molecule has 3 rings (SSSR count). The fourth-order valence-electron chi connectivity index (χ4n) is 2.96. The van der Waals surface area contributed by atoms with Gasteiger partial charge in [-0.2, -0.15) is 13.2 Å². The number of hydrogen-bond donors (Lipinski definition) is 1. The lowest BCUT2D eigenvalue weighted by Crippen LogP contribution is -2.34. The fraction of sp³-hybridized carbons (Fsp3) is 0.273. The van der Waals surface area contributed by atoms with Crippen molar-refractivity contribution in [1.82, 2.24) is 15.1 Å². The molecule has 0 bridgehead atoms. The number of nitrogens with one attached hydrogen (secondary N) is 1. The Morgan fingerprint density at radius 3 is 2.31 bits per heavy atom. The Kier molecular flexibility index (Phi) is 7.57. The lowest BCUT2D eigenvalue weighted by molar-refractivity contribution is -0.137. The average molecular weight is 462 g/mol. The molecule has 0 unspecified atom stereocenters. The third-order valence-corrected chi connectivity index (χ3v) is 5.43. The second kappa shape index (κ2) is 10.4. The second-order valence-corrected chi connectivity index (χ2v) is 7.92. The van der Waals surface area contributed by atoms with E-state index in [4.69, 9.17) is 0 Å². The molecule has 1 N–H and O–H groups in total. The molecule has 10 heteroatoms. The van der Waals surface area contributed by atoms with Crippen LogP contribution in [0.15, 0.2) is 54.6 Å². The standard InChI is InChI=1S/C22H21F3N4O2S/c1-2-13-29(20(31)16-8-10-17(11-9-16)22(23,24)25)14-12-18(30)26-21-28-27-19(32-21)15-6-4-3-5-7-15/h3-11H,2,12-14H2,1H3,(H,26,28,30). The summed E-state index contributed by atoms with van der Waals surface area (Å²) in [6, 6.07) is 13.5. The molecule has 1 heterocycles. The third kappa shape index (κ3) is 6.13. The number of rotatable bonds is 8. The summed E-state index contributed by atoms with van der Waals surface area (Å²) in [5, 5.41) is 11.7. The third-order valence-electron chi connectivity index (χ3n) is 4.54. The molecule has 0 saturated carbocycles. The van der Waals surface area contributed by atoms with E-state index in [0.29, 0.717) is 23.1 Å². The van der Waals surface area contributed by atoms with E-state index in [-0.39, 0.29) is 24.4 Å². The number of halogens is 3. The van der Waals surface area contributed by atoms with Gasteiger partial charge in [0.1, 0.15) is 5.01 Å². The number of benzene rings is 2. The predicted molar refractivity (Wildman–Crippen MR) is 116 cm³/mol. The minimum absolute atomic E-state index is 0.0205. The first kappa shape index (κ1) is 23.4. The van der Waals surface area contributed by atoms with Crippen molar-refractivity contribution in [3.63, 3.8) is 0 Å². The number of aromatic nitrogens is 2. The highest BCUT2D eigenvalue weighted by molar-refractivity contribution is 7.18. The molecule has 0 saturated heterocycles. The molecule has 1 aromatic heterocycles. The number of carbonyl (C=O) groups excluding carboxylic acids is 2. The monoisotopic (exact) mass is 462 g/mol. The minimum atomic E-state index is -4.46. The van der Waals surface area contributed by atoms with E-state index >= 15 is 0 Å². The van der Waals surface area contributed by atoms with Crippen LogP contribution < -0.4 is 5.32 Å². The van der Waals surface area contributed by atoms with Crippen LogP contribution in [0.5, 0.6) is 0 Å². The summed E-state index contributed by atoms with van der Waals surface area (Å²) in [5.41, 5.74) is 0.215.